The fourth-order valence-corrected chi connectivity index (χ4v) is 7.54. The predicted octanol–water partition coefficient (Wildman–Crippen LogP) is 4.21. The summed E-state index contributed by atoms with van der Waals surface area (Å²) in [5.41, 5.74) is 2.16. The zero-order valence-corrected chi connectivity index (χ0v) is 20.4. The van der Waals surface area contributed by atoms with E-state index in [0.717, 1.165) is 45.8 Å². The number of rotatable bonds is 6. The highest BCUT2D eigenvalue weighted by molar-refractivity contribution is 8.00. The van der Waals surface area contributed by atoms with E-state index in [-0.39, 0.29) is 17.2 Å². The van der Waals surface area contributed by atoms with E-state index in [1.807, 2.05) is 23.1 Å². The van der Waals surface area contributed by atoms with Crippen LogP contribution < -0.4 is 10.5 Å². The topological polar surface area (TPSA) is 64.4 Å². The first-order valence-corrected chi connectivity index (χ1v) is 13.6. The fraction of sp³-hybridized carbons (Fsp3) is 0.435. The number of ether oxygens (including phenoxy) is 1. The average Bonchev–Trinajstić information content (AvgIpc) is 3.20. The second-order valence-electron chi connectivity index (χ2n) is 7.89. The third kappa shape index (κ3) is 4.11. The number of carbonyl (C=O) groups excluding carboxylic acids is 1. The minimum atomic E-state index is 0.00103. The van der Waals surface area contributed by atoms with Crippen LogP contribution in [0.1, 0.15) is 23.3 Å². The highest BCUT2D eigenvalue weighted by atomic mass is 32.2. The molecule has 0 spiro atoms. The molecule has 2 aromatic heterocycles. The molecule has 0 saturated heterocycles. The maximum atomic E-state index is 13.5. The maximum absolute atomic E-state index is 13.5. The molecule has 1 aromatic carbocycles. The van der Waals surface area contributed by atoms with Gasteiger partial charge in [0.25, 0.3) is 5.56 Å². The Bertz CT molecular complexity index is 1220. The van der Waals surface area contributed by atoms with Gasteiger partial charge in [-0.25, -0.2) is 4.98 Å². The Hall–Kier alpha value is -1.81. The standard InChI is InChI=1S/C23H25N3O3S3/c1-29-12-10-26-22(28)20-15-6-2-4-8-17(15)32-21(20)24-23(26)31-14-19(27)25-11-13-30-18-9-5-3-7-16(18)25/h3,5,7,9H,2,4,6,8,10-14H2,1H3. The van der Waals surface area contributed by atoms with Crippen LogP contribution in [0.25, 0.3) is 10.2 Å². The van der Waals surface area contributed by atoms with Crippen molar-refractivity contribution in [1.82, 2.24) is 9.55 Å². The van der Waals surface area contributed by atoms with Crippen LogP contribution in [-0.4, -0.2) is 47.2 Å². The number of aryl methyl sites for hydroxylation is 2. The number of nitrogens with zero attached hydrogens (tertiary/aromatic N) is 3. The summed E-state index contributed by atoms with van der Waals surface area (Å²) in [7, 11) is 1.63. The predicted molar refractivity (Wildman–Crippen MR) is 133 cm³/mol. The van der Waals surface area contributed by atoms with Crippen LogP contribution in [0.3, 0.4) is 0 Å². The lowest BCUT2D eigenvalue weighted by Gasteiger charge is -2.28. The first-order valence-electron chi connectivity index (χ1n) is 10.9. The van der Waals surface area contributed by atoms with Gasteiger partial charge in [-0.05, 0) is 43.4 Å². The molecule has 0 bridgehead atoms. The molecule has 0 unspecified atom stereocenters. The molecule has 6 nitrogen and oxygen atoms in total. The van der Waals surface area contributed by atoms with Crippen molar-refractivity contribution in [1.29, 1.82) is 0 Å². The molecule has 168 valence electrons. The van der Waals surface area contributed by atoms with Gasteiger partial charge in [0, 0.05) is 29.2 Å². The molecular weight excluding hydrogens is 462 g/mol. The van der Waals surface area contributed by atoms with E-state index in [9.17, 15) is 9.59 Å². The minimum Gasteiger partial charge on any atom is -0.383 e. The van der Waals surface area contributed by atoms with Gasteiger partial charge in [0.2, 0.25) is 5.91 Å². The molecule has 0 saturated carbocycles. The molecule has 9 heteroatoms. The molecule has 0 fully saturated rings. The Morgan fingerprint density at radius 3 is 2.97 bits per heavy atom. The second-order valence-corrected chi connectivity index (χ2v) is 11.0. The highest BCUT2D eigenvalue weighted by Crippen LogP contribution is 2.36. The van der Waals surface area contributed by atoms with Crippen molar-refractivity contribution >= 4 is 56.7 Å². The van der Waals surface area contributed by atoms with Crippen molar-refractivity contribution in [2.24, 2.45) is 0 Å². The van der Waals surface area contributed by atoms with Crippen LogP contribution in [0, 0.1) is 0 Å². The molecule has 0 atom stereocenters. The Morgan fingerprint density at radius 2 is 2.09 bits per heavy atom. The molecule has 0 N–H and O–H groups in total. The number of fused-ring (bicyclic) bond motifs is 4. The van der Waals surface area contributed by atoms with Gasteiger partial charge >= 0.3 is 0 Å². The normalized spacial score (nSPS) is 15.6. The monoisotopic (exact) mass is 487 g/mol. The number of thioether (sulfide) groups is 2. The van der Waals surface area contributed by atoms with Gasteiger partial charge in [-0.3, -0.25) is 14.2 Å². The van der Waals surface area contributed by atoms with Gasteiger partial charge in [0.05, 0.1) is 30.0 Å². The Balaban J connectivity index is 1.45. The van der Waals surface area contributed by atoms with Gasteiger partial charge < -0.3 is 9.64 Å². The number of methoxy groups -OCH3 is 1. The number of carbonyl (C=O) groups is 1. The summed E-state index contributed by atoms with van der Waals surface area (Å²) < 4.78 is 6.95. The summed E-state index contributed by atoms with van der Waals surface area (Å²) >= 11 is 4.78. The van der Waals surface area contributed by atoms with Crippen LogP contribution >= 0.6 is 34.9 Å². The number of hydrogen-bond donors (Lipinski definition) is 0. The first-order chi connectivity index (χ1) is 15.7. The van der Waals surface area contributed by atoms with Crippen LogP contribution in [0.4, 0.5) is 5.69 Å². The molecule has 3 heterocycles. The number of thiophene rings is 1. The number of hydrogen-bond acceptors (Lipinski definition) is 7. The fourth-order valence-electron chi connectivity index (χ4n) is 4.34. The molecule has 32 heavy (non-hydrogen) atoms. The number of benzene rings is 1. The summed E-state index contributed by atoms with van der Waals surface area (Å²) in [6.07, 6.45) is 4.27. The van der Waals surface area contributed by atoms with Gasteiger partial charge in [-0.1, -0.05) is 23.9 Å². The lowest BCUT2D eigenvalue weighted by molar-refractivity contribution is -0.116. The van der Waals surface area contributed by atoms with Crippen molar-refractivity contribution in [2.75, 3.05) is 36.7 Å². The van der Waals surface area contributed by atoms with Gasteiger partial charge in [0.1, 0.15) is 4.83 Å². The lowest BCUT2D eigenvalue weighted by atomic mass is 9.97. The zero-order chi connectivity index (χ0) is 22.1. The largest absolute Gasteiger partial charge is 0.383 e. The summed E-state index contributed by atoms with van der Waals surface area (Å²) in [4.78, 5) is 36.6. The van der Waals surface area contributed by atoms with E-state index in [4.69, 9.17) is 9.72 Å². The van der Waals surface area contributed by atoms with Crippen molar-refractivity contribution in [3.8, 4) is 0 Å². The quantitative estimate of drug-likeness (QED) is 0.383. The third-order valence-corrected chi connectivity index (χ3v) is 9.10. The zero-order valence-electron chi connectivity index (χ0n) is 18.0. The van der Waals surface area contributed by atoms with E-state index in [1.165, 1.54) is 28.6 Å². The Kier molecular flexibility index (Phi) is 6.59. The first kappa shape index (κ1) is 22.0. The maximum Gasteiger partial charge on any atom is 0.263 e. The average molecular weight is 488 g/mol. The lowest BCUT2D eigenvalue weighted by Crippen LogP contribution is -2.36. The molecule has 5 rings (SSSR count). The summed E-state index contributed by atoms with van der Waals surface area (Å²) in [5.74, 6) is 1.17. The van der Waals surface area contributed by atoms with Crippen LogP contribution in [0.2, 0.25) is 0 Å². The van der Waals surface area contributed by atoms with Crippen molar-refractivity contribution in [3.63, 3.8) is 0 Å². The summed E-state index contributed by atoms with van der Waals surface area (Å²) in [6.45, 7) is 1.56. The van der Waals surface area contributed by atoms with E-state index in [0.29, 0.717) is 24.9 Å². The molecule has 2 aliphatic rings. The van der Waals surface area contributed by atoms with Crippen molar-refractivity contribution in [2.45, 2.75) is 42.3 Å². The van der Waals surface area contributed by atoms with Crippen LogP contribution in [0.15, 0.2) is 39.1 Å². The number of aromatic nitrogens is 2. The minimum absolute atomic E-state index is 0.00103. The smallest absolute Gasteiger partial charge is 0.263 e. The molecule has 0 radical (unpaired) electrons. The van der Waals surface area contributed by atoms with E-state index < -0.39 is 0 Å². The third-order valence-electron chi connectivity index (χ3n) is 5.91. The van der Waals surface area contributed by atoms with Gasteiger partial charge in [0.15, 0.2) is 5.16 Å². The molecule has 1 aliphatic heterocycles. The van der Waals surface area contributed by atoms with Crippen molar-refractivity contribution in [3.05, 3.63) is 45.1 Å². The summed E-state index contributed by atoms with van der Waals surface area (Å²) in [5, 5.41) is 1.38. The summed E-state index contributed by atoms with van der Waals surface area (Å²) in [6, 6.07) is 8.03. The van der Waals surface area contributed by atoms with E-state index in [1.54, 1.807) is 34.8 Å². The molecule has 3 aromatic rings. The number of amides is 1. The Labute approximate surface area is 199 Å². The number of anilines is 1. The van der Waals surface area contributed by atoms with Gasteiger partial charge in [-0.15, -0.1) is 23.1 Å². The van der Waals surface area contributed by atoms with E-state index in [2.05, 4.69) is 6.07 Å². The molecule has 1 aliphatic carbocycles. The second kappa shape index (κ2) is 9.59. The Morgan fingerprint density at radius 1 is 1.25 bits per heavy atom. The van der Waals surface area contributed by atoms with Crippen molar-refractivity contribution < 1.29 is 9.53 Å². The van der Waals surface area contributed by atoms with Gasteiger partial charge in [-0.2, -0.15) is 0 Å². The molecule has 1 amide bonds. The number of para-hydroxylation sites is 1. The van der Waals surface area contributed by atoms with Crippen LogP contribution in [0.5, 0.6) is 0 Å². The highest BCUT2D eigenvalue weighted by Gasteiger charge is 2.25. The molecular formula is C23H25N3O3S3. The van der Waals surface area contributed by atoms with E-state index >= 15 is 0 Å². The van der Waals surface area contributed by atoms with Crippen LogP contribution in [-0.2, 0) is 28.9 Å². The SMILES string of the molecule is COCCn1c(SCC(=O)N2CCSc3ccccc32)nc2sc3c(c2c1=O)CCCC3.